The third kappa shape index (κ3) is 3.07. The van der Waals surface area contributed by atoms with Crippen molar-refractivity contribution in [3.05, 3.63) is 57.4 Å². The van der Waals surface area contributed by atoms with Crippen molar-refractivity contribution in [2.75, 3.05) is 5.32 Å². The molecule has 1 aliphatic rings. The van der Waals surface area contributed by atoms with Gasteiger partial charge in [-0.25, -0.2) is 4.98 Å². The number of carbonyl (C=O) groups excluding carboxylic acids is 1. The molecule has 0 unspecified atom stereocenters. The fourth-order valence-electron chi connectivity index (χ4n) is 3.55. The number of hydrogen-bond acceptors (Lipinski definition) is 5. The number of carbonyl (C=O) groups is 1. The van der Waals surface area contributed by atoms with E-state index in [1.807, 2.05) is 30.5 Å². The topological polar surface area (TPSA) is 59.8 Å². The van der Waals surface area contributed by atoms with Crippen LogP contribution in [0.1, 0.15) is 39.3 Å². The molecule has 0 spiro atoms. The van der Waals surface area contributed by atoms with Gasteiger partial charge in [-0.2, -0.15) is 9.78 Å². The first-order chi connectivity index (χ1) is 13.2. The molecule has 1 aromatic carbocycles. The number of aromatic nitrogens is 3. The SMILES string of the molecule is Cc1cc(NC(=O)c2cccs2)n(-c2nc3cc4c(cc3s2)CCCC4)n1. The summed E-state index contributed by atoms with van der Waals surface area (Å²) in [6.07, 6.45) is 4.82. The van der Waals surface area contributed by atoms with Gasteiger partial charge in [0, 0.05) is 6.07 Å². The van der Waals surface area contributed by atoms with Gasteiger partial charge >= 0.3 is 0 Å². The van der Waals surface area contributed by atoms with E-state index in [2.05, 4.69) is 22.5 Å². The van der Waals surface area contributed by atoms with Gasteiger partial charge in [0.1, 0.15) is 5.82 Å². The maximum Gasteiger partial charge on any atom is 0.266 e. The molecule has 136 valence electrons. The molecule has 1 amide bonds. The molecule has 4 aromatic rings. The number of anilines is 1. The summed E-state index contributed by atoms with van der Waals surface area (Å²) in [6.45, 7) is 1.92. The van der Waals surface area contributed by atoms with Crippen molar-refractivity contribution >= 4 is 44.6 Å². The standard InChI is InChI=1S/C20H18N4OS2/c1-12-9-18(22-19(25)16-7-4-8-26-16)24(23-12)20-21-15-10-13-5-2-3-6-14(13)11-17(15)27-20/h4,7-11H,2-3,5-6H2,1H3,(H,22,25). The summed E-state index contributed by atoms with van der Waals surface area (Å²) < 4.78 is 2.92. The lowest BCUT2D eigenvalue weighted by Crippen LogP contribution is -2.13. The lowest BCUT2D eigenvalue weighted by atomic mass is 9.92. The van der Waals surface area contributed by atoms with E-state index < -0.39 is 0 Å². The van der Waals surface area contributed by atoms with E-state index in [0.717, 1.165) is 29.2 Å². The largest absolute Gasteiger partial charge is 0.306 e. The number of hydrogen-bond donors (Lipinski definition) is 1. The van der Waals surface area contributed by atoms with Gasteiger partial charge in [-0.15, -0.1) is 11.3 Å². The van der Waals surface area contributed by atoms with E-state index in [9.17, 15) is 4.79 Å². The van der Waals surface area contributed by atoms with Crippen molar-refractivity contribution in [1.82, 2.24) is 14.8 Å². The van der Waals surface area contributed by atoms with Crippen molar-refractivity contribution in [2.45, 2.75) is 32.6 Å². The van der Waals surface area contributed by atoms with Crippen molar-refractivity contribution < 1.29 is 4.79 Å². The maximum atomic E-state index is 12.5. The fourth-order valence-corrected chi connectivity index (χ4v) is 5.15. The molecule has 5 rings (SSSR count). The Bertz CT molecular complexity index is 1100. The van der Waals surface area contributed by atoms with E-state index in [1.54, 1.807) is 16.0 Å². The molecule has 0 atom stereocenters. The first-order valence-corrected chi connectivity index (χ1v) is 10.7. The second-order valence-corrected chi connectivity index (χ2v) is 8.76. The minimum Gasteiger partial charge on any atom is -0.306 e. The molecule has 1 N–H and O–H groups in total. The lowest BCUT2D eigenvalue weighted by Gasteiger charge is -2.14. The molecule has 27 heavy (non-hydrogen) atoms. The molecule has 0 radical (unpaired) electrons. The summed E-state index contributed by atoms with van der Waals surface area (Å²) in [6, 6.07) is 10.1. The molecule has 3 heterocycles. The van der Waals surface area contributed by atoms with Crippen LogP contribution < -0.4 is 5.32 Å². The lowest BCUT2D eigenvalue weighted by molar-refractivity contribution is 0.103. The van der Waals surface area contributed by atoms with E-state index in [0.29, 0.717) is 10.7 Å². The summed E-state index contributed by atoms with van der Waals surface area (Å²) in [4.78, 5) is 17.9. The second-order valence-electron chi connectivity index (χ2n) is 6.81. The highest BCUT2D eigenvalue weighted by atomic mass is 32.1. The molecule has 0 fully saturated rings. The Morgan fingerprint density at radius 3 is 2.78 bits per heavy atom. The van der Waals surface area contributed by atoms with Crippen LogP contribution >= 0.6 is 22.7 Å². The number of amides is 1. The predicted octanol–water partition coefficient (Wildman–Crippen LogP) is 4.98. The number of nitrogens with one attached hydrogen (secondary N) is 1. The van der Waals surface area contributed by atoms with Crippen LogP contribution in [0.3, 0.4) is 0 Å². The normalized spacial score (nSPS) is 13.7. The monoisotopic (exact) mass is 394 g/mol. The number of rotatable bonds is 3. The third-order valence-electron chi connectivity index (χ3n) is 4.84. The summed E-state index contributed by atoms with van der Waals surface area (Å²) in [5, 5.41) is 10.2. The predicted molar refractivity (Wildman–Crippen MR) is 110 cm³/mol. The van der Waals surface area contributed by atoms with Crippen LogP contribution in [0.4, 0.5) is 5.82 Å². The number of fused-ring (bicyclic) bond motifs is 2. The van der Waals surface area contributed by atoms with E-state index in [4.69, 9.17) is 4.98 Å². The Hall–Kier alpha value is -2.51. The summed E-state index contributed by atoms with van der Waals surface area (Å²) in [7, 11) is 0. The van der Waals surface area contributed by atoms with Gasteiger partial charge in [0.2, 0.25) is 5.13 Å². The number of thiazole rings is 1. The zero-order valence-electron chi connectivity index (χ0n) is 14.9. The van der Waals surface area contributed by atoms with E-state index >= 15 is 0 Å². The van der Waals surface area contributed by atoms with Gasteiger partial charge in [0.25, 0.3) is 5.91 Å². The molecule has 3 aromatic heterocycles. The highest BCUT2D eigenvalue weighted by Crippen LogP contribution is 2.32. The second kappa shape index (κ2) is 6.58. The molecule has 7 heteroatoms. The smallest absolute Gasteiger partial charge is 0.266 e. The number of benzene rings is 1. The van der Waals surface area contributed by atoms with Crippen LogP contribution in [-0.2, 0) is 12.8 Å². The van der Waals surface area contributed by atoms with E-state index in [-0.39, 0.29) is 5.91 Å². The summed E-state index contributed by atoms with van der Waals surface area (Å²) in [5.41, 5.74) is 4.73. The van der Waals surface area contributed by atoms with Crippen LogP contribution in [0, 0.1) is 6.92 Å². The van der Waals surface area contributed by atoms with Gasteiger partial charge in [0.15, 0.2) is 0 Å². The molecule has 5 nitrogen and oxygen atoms in total. The van der Waals surface area contributed by atoms with Crippen molar-refractivity contribution in [3.8, 4) is 5.13 Å². The Morgan fingerprint density at radius 2 is 2.00 bits per heavy atom. The summed E-state index contributed by atoms with van der Waals surface area (Å²) in [5.74, 6) is 0.525. The third-order valence-corrected chi connectivity index (χ3v) is 6.70. The quantitative estimate of drug-likeness (QED) is 0.533. The van der Waals surface area contributed by atoms with Crippen LogP contribution in [0.2, 0.25) is 0 Å². The molecular weight excluding hydrogens is 376 g/mol. The Balaban J connectivity index is 1.53. The summed E-state index contributed by atoms with van der Waals surface area (Å²) >= 11 is 3.04. The van der Waals surface area contributed by atoms with Crippen LogP contribution in [-0.4, -0.2) is 20.7 Å². The first-order valence-electron chi connectivity index (χ1n) is 9.01. The minimum atomic E-state index is -0.122. The molecule has 0 bridgehead atoms. The van der Waals surface area contributed by atoms with Crippen LogP contribution in [0.5, 0.6) is 0 Å². The Kier molecular flexibility index (Phi) is 4.06. The van der Waals surface area contributed by atoms with Crippen LogP contribution in [0.25, 0.3) is 15.3 Å². The van der Waals surface area contributed by atoms with Crippen molar-refractivity contribution in [3.63, 3.8) is 0 Å². The van der Waals surface area contributed by atoms with Gasteiger partial charge in [-0.1, -0.05) is 17.4 Å². The average molecular weight is 395 g/mol. The van der Waals surface area contributed by atoms with Crippen molar-refractivity contribution in [2.24, 2.45) is 0 Å². The van der Waals surface area contributed by atoms with Crippen LogP contribution in [0.15, 0.2) is 35.7 Å². The first kappa shape index (κ1) is 16.6. The maximum absolute atomic E-state index is 12.5. The number of thiophene rings is 1. The van der Waals surface area contributed by atoms with Gasteiger partial charge in [-0.05, 0) is 67.3 Å². The highest BCUT2D eigenvalue weighted by molar-refractivity contribution is 7.20. The number of nitrogens with zero attached hydrogens (tertiary/aromatic N) is 3. The van der Waals surface area contributed by atoms with E-state index in [1.165, 1.54) is 40.0 Å². The van der Waals surface area contributed by atoms with Gasteiger partial charge in [0.05, 0.1) is 20.8 Å². The minimum absolute atomic E-state index is 0.122. The van der Waals surface area contributed by atoms with Crippen molar-refractivity contribution in [1.29, 1.82) is 0 Å². The molecule has 1 aliphatic carbocycles. The number of aryl methyl sites for hydroxylation is 3. The Morgan fingerprint density at radius 1 is 1.19 bits per heavy atom. The zero-order chi connectivity index (χ0) is 18.4. The van der Waals surface area contributed by atoms with Gasteiger partial charge < -0.3 is 5.32 Å². The molecular formula is C20H18N4OS2. The Labute approximate surface area is 164 Å². The molecule has 0 saturated heterocycles. The van der Waals surface area contributed by atoms with Gasteiger partial charge in [-0.3, -0.25) is 4.79 Å². The zero-order valence-corrected chi connectivity index (χ0v) is 16.5. The fraction of sp³-hybridized carbons (Fsp3) is 0.250. The molecule has 0 saturated carbocycles. The molecule has 0 aliphatic heterocycles. The average Bonchev–Trinajstić information content (AvgIpc) is 3.39. The highest BCUT2D eigenvalue weighted by Gasteiger charge is 2.17.